The second-order valence-electron chi connectivity index (χ2n) is 4.29. The predicted molar refractivity (Wildman–Crippen MR) is 69.6 cm³/mol. The Morgan fingerprint density at radius 3 is 2.67 bits per heavy atom. The molecule has 4 heteroatoms. The first-order valence-electron chi connectivity index (χ1n) is 5.62. The smallest absolute Gasteiger partial charge is 0.138 e. The SMILES string of the molecule is Cc1cc(-c2nc3ccc(O)cc3[nH]2)ccc1O. The number of phenols is 2. The number of nitrogens with zero attached hydrogens (tertiary/aromatic N) is 1. The fourth-order valence-corrected chi connectivity index (χ4v) is 1.94. The first-order valence-corrected chi connectivity index (χ1v) is 5.62. The van der Waals surface area contributed by atoms with E-state index >= 15 is 0 Å². The van der Waals surface area contributed by atoms with Crippen molar-refractivity contribution in [3.63, 3.8) is 0 Å². The van der Waals surface area contributed by atoms with Crippen molar-refractivity contribution in [2.45, 2.75) is 6.92 Å². The van der Waals surface area contributed by atoms with Crippen molar-refractivity contribution in [2.75, 3.05) is 0 Å². The van der Waals surface area contributed by atoms with Crippen LogP contribution in [0.5, 0.6) is 11.5 Å². The summed E-state index contributed by atoms with van der Waals surface area (Å²) in [5.74, 6) is 1.20. The van der Waals surface area contributed by atoms with Crippen LogP contribution in [0.2, 0.25) is 0 Å². The average Bonchev–Trinajstić information content (AvgIpc) is 2.75. The summed E-state index contributed by atoms with van der Waals surface area (Å²) in [5, 5.41) is 18.9. The van der Waals surface area contributed by atoms with Crippen molar-refractivity contribution in [3.05, 3.63) is 42.0 Å². The zero-order chi connectivity index (χ0) is 12.7. The van der Waals surface area contributed by atoms with Crippen LogP contribution in [0.4, 0.5) is 0 Å². The Kier molecular flexibility index (Phi) is 2.23. The molecule has 18 heavy (non-hydrogen) atoms. The Morgan fingerprint density at radius 1 is 1.06 bits per heavy atom. The van der Waals surface area contributed by atoms with E-state index in [9.17, 15) is 10.2 Å². The zero-order valence-electron chi connectivity index (χ0n) is 9.81. The lowest BCUT2D eigenvalue weighted by molar-refractivity contribution is 0.471. The van der Waals surface area contributed by atoms with Gasteiger partial charge in [-0.25, -0.2) is 4.98 Å². The third kappa shape index (κ3) is 1.68. The molecule has 90 valence electrons. The number of rotatable bonds is 1. The molecule has 0 saturated carbocycles. The maximum atomic E-state index is 9.50. The summed E-state index contributed by atoms with van der Waals surface area (Å²) in [7, 11) is 0. The van der Waals surface area contributed by atoms with Gasteiger partial charge in [-0.1, -0.05) is 0 Å². The molecule has 1 aromatic heterocycles. The maximum absolute atomic E-state index is 9.50. The summed E-state index contributed by atoms with van der Waals surface area (Å²) >= 11 is 0. The highest BCUT2D eigenvalue weighted by molar-refractivity contribution is 5.80. The molecular formula is C14H12N2O2. The molecule has 2 aromatic carbocycles. The summed E-state index contributed by atoms with van der Waals surface area (Å²) in [6.07, 6.45) is 0. The van der Waals surface area contributed by atoms with Gasteiger partial charge in [0, 0.05) is 11.6 Å². The van der Waals surface area contributed by atoms with E-state index in [2.05, 4.69) is 9.97 Å². The number of aromatic nitrogens is 2. The standard InChI is InChI=1S/C14H12N2O2/c1-8-6-9(2-5-13(8)18)14-15-11-4-3-10(17)7-12(11)16-14/h2-7,17-18H,1H3,(H,15,16). The summed E-state index contributed by atoms with van der Waals surface area (Å²) in [4.78, 5) is 7.59. The quantitative estimate of drug-likeness (QED) is 0.612. The molecule has 0 aliphatic heterocycles. The number of fused-ring (bicyclic) bond motifs is 1. The normalized spacial score (nSPS) is 10.9. The zero-order valence-corrected chi connectivity index (χ0v) is 9.81. The first-order chi connectivity index (χ1) is 8.63. The molecular weight excluding hydrogens is 228 g/mol. The molecule has 1 heterocycles. The lowest BCUT2D eigenvalue weighted by Gasteiger charge is -2.00. The van der Waals surface area contributed by atoms with Gasteiger partial charge >= 0.3 is 0 Å². The topological polar surface area (TPSA) is 69.1 Å². The van der Waals surface area contributed by atoms with Gasteiger partial charge in [0.25, 0.3) is 0 Å². The number of aryl methyl sites for hydroxylation is 1. The molecule has 4 nitrogen and oxygen atoms in total. The number of H-pyrrole nitrogens is 1. The van der Waals surface area contributed by atoms with Gasteiger partial charge in [0.2, 0.25) is 0 Å². The van der Waals surface area contributed by atoms with E-state index in [0.717, 1.165) is 28.0 Å². The Balaban J connectivity index is 2.16. The largest absolute Gasteiger partial charge is 0.508 e. The molecule has 3 N–H and O–H groups in total. The van der Waals surface area contributed by atoms with Crippen molar-refractivity contribution in [1.82, 2.24) is 9.97 Å². The monoisotopic (exact) mass is 240 g/mol. The number of phenolic OH excluding ortho intramolecular Hbond substituents is 2. The lowest BCUT2D eigenvalue weighted by Crippen LogP contribution is -1.82. The molecule has 3 rings (SSSR count). The first kappa shape index (κ1) is 10.7. The van der Waals surface area contributed by atoms with Crippen LogP contribution < -0.4 is 0 Å². The third-order valence-corrected chi connectivity index (χ3v) is 2.94. The molecule has 0 saturated heterocycles. The molecule has 0 amide bonds. The summed E-state index contributed by atoms with van der Waals surface area (Å²) < 4.78 is 0. The highest BCUT2D eigenvalue weighted by Crippen LogP contribution is 2.26. The van der Waals surface area contributed by atoms with Gasteiger partial charge in [0.15, 0.2) is 0 Å². The van der Waals surface area contributed by atoms with Crippen molar-refractivity contribution >= 4 is 11.0 Å². The summed E-state index contributed by atoms with van der Waals surface area (Å²) in [6, 6.07) is 10.3. The van der Waals surface area contributed by atoms with Gasteiger partial charge in [-0.3, -0.25) is 0 Å². The number of aromatic hydroxyl groups is 2. The van der Waals surface area contributed by atoms with Gasteiger partial charge < -0.3 is 15.2 Å². The third-order valence-electron chi connectivity index (χ3n) is 2.94. The van der Waals surface area contributed by atoms with Gasteiger partial charge in [-0.15, -0.1) is 0 Å². The van der Waals surface area contributed by atoms with Gasteiger partial charge in [0.05, 0.1) is 11.0 Å². The van der Waals surface area contributed by atoms with Crippen molar-refractivity contribution in [2.24, 2.45) is 0 Å². The van der Waals surface area contributed by atoms with Gasteiger partial charge in [-0.05, 0) is 42.8 Å². The second kappa shape index (κ2) is 3.77. The van der Waals surface area contributed by atoms with Crippen LogP contribution in [-0.2, 0) is 0 Å². The number of hydrogen-bond acceptors (Lipinski definition) is 3. The number of benzene rings is 2. The number of aromatic amines is 1. The van der Waals surface area contributed by atoms with E-state index in [4.69, 9.17) is 0 Å². The minimum Gasteiger partial charge on any atom is -0.508 e. The molecule has 0 fully saturated rings. The predicted octanol–water partition coefficient (Wildman–Crippen LogP) is 2.95. The Morgan fingerprint density at radius 2 is 1.89 bits per heavy atom. The van der Waals surface area contributed by atoms with Crippen LogP contribution in [-0.4, -0.2) is 20.2 Å². The Hall–Kier alpha value is -2.49. The maximum Gasteiger partial charge on any atom is 0.138 e. The van der Waals surface area contributed by atoms with Crippen LogP contribution in [0.15, 0.2) is 36.4 Å². The van der Waals surface area contributed by atoms with E-state index < -0.39 is 0 Å². The van der Waals surface area contributed by atoms with Crippen LogP contribution in [0.1, 0.15) is 5.56 Å². The Bertz CT molecular complexity index is 732. The molecule has 0 unspecified atom stereocenters. The van der Waals surface area contributed by atoms with Crippen LogP contribution in [0, 0.1) is 6.92 Å². The van der Waals surface area contributed by atoms with Crippen molar-refractivity contribution in [3.8, 4) is 22.9 Å². The summed E-state index contributed by atoms with van der Waals surface area (Å²) in [5.41, 5.74) is 3.29. The number of nitrogens with one attached hydrogen (secondary N) is 1. The van der Waals surface area contributed by atoms with E-state index in [1.165, 1.54) is 0 Å². The molecule has 0 radical (unpaired) electrons. The van der Waals surface area contributed by atoms with Crippen molar-refractivity contribution < 1.29 is 10.2 Å². The van der Waals surface area contributed by atoms with Crippen LogP contribution >= 0.6 is 0 Å². The van der Waals surface area contributed by atoms with E-state index in [1.807, 2.05) is 13.0 Å². The average molecular weight is 240 g/mol. The molecule has 0 spiro atoms. The van der Waals surface area contributed by atoms with Crippen LogP contribution in [0.25, 0.3) is 22.4 Å². The molecule has 0 bridgehead atoms. The fraction of sp³-hybridized carbons (Fsp3) is 0.0714. The number of imidazole rings is 1. The van der Waals surface area contributed by atoms with E-state index in [-0.39, 0.29) is 11.5 Å². The molecule has 3 aromatic rings. The van der Waals surface area contributed by atoms with Crippen LogP contribution in [0.3, 0.4) is 0 Å². The van der Waals surface area contributed by atoms with E-state index in [0.29, 0.717) is 0 Å². The minimum absolute atomic E-state index is 0.208. The minimum atomic E-state index is 0.208. The Labute approximate surface area is 104 Å². The molecule has 0 atom stereocenters. The van der Waals surface area contributed by atoms with Crippen molar-refractivity contribution in [1.29, 1.82) is 0 Å². The highest BCUT2D eigenvalue weighted by atomic mass is 16.3. The second-order valence-corrected chi connectivity index (χ2v) is 4.29. The van der Waals surface area contributed by atoms with Gasteiger partial charge in [-0.2, -0.15) is 0 Å². The van der Waals surface area contributed by atoms with E-state index in [1.54, 1.807) is 30.3 Å². The fourth-order valence-electron chi connectivity index (χ4n) is 1.94. The highest BCUT2D eigenvalue weighted by Gasteiger charge is 2.07. The molecule has 0 aliphatic rings. The van der Waals surface area contributed by atoms with Gasteiger partial charge in [0.1, 0.15) is 17.3 Å². The number of hydrogen-bond donors (Lipinski definition) is 3. The lowest BCUT2D eigenvalue weighted by atomic mass is 10.1. The molecule has 0 aliphatic carbocycles. The summed E-state index contributed by atoms with van der Waals surface area (Å²) in [6.45, 7) is 1.84.